The smallest absolute Gasteiger partial charge is 0.320 e. The summed E-state index contributed by atoms with van der Waals surface area (Å²) in [6.45, 7) is 0. The topological polar surface area (TPSA) is 89.8 Å². The minimum absolute atomic E-state index is 0.220. The molecule has 1 heterocycles. The van der Waals surface area contributed by atoms with E-state index in [-0.39, 0.29) is 6.03 Å². The predicted octanol–water partition coefficient (Wildman–Crippen LogP) is 2.98. The Bertz CT molecular complexity index is 699. The van der Waals surface area contributed by atoms with E-state index in [0.29, 0.717) is 17.4 Å². The number of aromatic nitrogens is 1. The summed E-state index contributed by atoms with van der Waals surface area (Å²) in [5.74, 6) is 0.503. The summed E-state index contributed by atoms with van der Waals surface area (Å²) in [5.41, 5.74) is 2.29. The molecule has 0 radical (unpaired) electrons. The molecule has 3 N–H and O–H groups in total. The number of anilines is 3. The van der Waals surface area contributed by atoms with Crippen molar-refractivity contribution >= 4 is 23.2 Å². The molecule has 1 aromatic carbocycles. The Morgan fingerprint density at radius 3 is 2.45 bits per heavy atom. The van der Waals surface area contributed by atoms with Gasteiger partial charge < -0.3 is 10.6 Å². The molecule has 1 aliphatic carbocycles. The highest BCUT2D eigenvalue weighted by Gasteiger charge is 2.23. The van der Waals surface area contributed by atoms with Crippen LogP contribution in [0, 0.1) is 11.3 Å². The average molecular weight is 293 g/mol. The van der Waals surface area contributed by atoms with E-state index in [1.54, 1.807) is 24.4 Å². The first-order chi connectivity index (χ1) is 10.7. The van der Waals surface area contributed by atoms with Crippen molar-refractivity contribution in [2.75, 3.05) is 10.6 Å². The van der Waals surface area contributed by atoms with Gasteiger partial charge in [-0.15, -0.1) is 0 Å². The Morgan fingerprint density at radius 2 is 1.86 bits per heavy atom. The minimum Gasteiger partial charge on any atom is -0.354 e. The van der Waals surface area contributed by atoms with E-state index in [9.17, 15) is 4.79 Å². The summed E-state index contributed by atoms with van der Waals surface area (Å²) in [6.07, 6.45) is 3.74. The maximum Gasteiger partial charge on any atom is 0.320 e. The molecule has 1 saturated carbocycles. The summed E-state index contributed by atoms with van der Waals surface area (Å²) in [6, 6.07) is 12.9. The molecule has 1 fully saturated rings. The fraction of sp³-hybridized carbons (Fsp3) is 0.188. The molecule has 1 aliphatic rings. The monoisotopic (exact) mass is 293 g/mol. The van der Waals surface area contributed by atoms with E-state index in [1.807, 2.05) is 18.2 Å². The van der Waals surface area contributed by atoms with Crippen molar-refractivity contribution in [1.82, 2.24) is 10.3 Å². The van der Waals surface area contributed by atoms with Crippen molar-refractivity contribution in [2.24, 2.45) is 0 Å². The standard InChI is InChI=1S/C16H15N5O/c17-9-11-1-3-12(4-2-11)19-14-7-8-15(18-10-14)21-16(22)20-13-5-6-13/h1-4,7-8,10,13,19H,5-6H2,(H2,18,20,21,22). The molecule has 0 aliphatic heterocycles. The van der Waals surface area contributed by atoms with Gasteiger partial charge in [0.05, 0.1) is 23.5 Å². The van der Waals surface area contributed by atoms with E-state index in [2.05, 4.69) is 27.0 Å². The van der Waals surface area contributed by atoms with Crippen molar-refractivity contribution in [3.05, 3.63) is 48.2 Å². The SMILES string of the molecule is N#Cc1ccc(Nc2ccc(NC(=O)NC3CC3)nc2)cc1. The molecule has 6 nitrogen and oxygen atoms in total. The number of hydrogen-bond acceptors (Lipinski definition) is 4. The van der Waals surface area contributed by atoms with Gasteiger partial charge in [0.1, 0.15) is 5.82 Å². The molecule has 110 valence electrons. The van der Waals surface area contributed by atoms with Crippen LogP contribution in [0.4, 0.5) is 22.0 Å². The quantitative estimate of drug-likeness (QED) is 0.808. The van der Waals surface area contributed by atoms with Gasteiger partial charge in [0.25, 0.3) is 0 Å². The first-order valence-electron chi connectivity index (χ1n) is 7.04. The largest absolute Gasteiger partial charge is 0.354 e. The maximum atomic E-state index is 11.6. The lowest BCUT2D eigenvalue weighted by Crippen LogP contribution is -2.30. The van der Waals surface area contributed by atoms with Crippen molar-refractivity contribution in [3.63, 3.8) is 0 Å². The lowest BCUT2D eigenvalue weighted by molar-refractivity contribution is 0.251. The van der Waals surface area contributed by atoms with E-state index in [1.165, 1.54) is 0 Å². The van der Waals surface area contributed by atoms with Gasteiger partial charge in [0.2, 0.25) is 0 Å². The Morgan fingerprint density at radius 1 is 1.14 bits per heavy atom. The van der Waals surface area contributed by atoms with Crippen LogP contribution in [0.3, 0.4) is 0 Å². The summed E-state index contributed by atoms with van der Waals surface area (Å²) >= 11 is 0. The molecule has 0 unspecified atom stereocenters. The highest BCUT2D eigenvalue weighted by Crippen LogP contribution is 2.19. The molecule has 0 spiro atoms. The molecular weight excluding hydrogens is 278 g/mol. The Kier molecular flexibility index (Phi) is 3.88. The van der Waals surface area contributed by atoms with Gasteiger partial charge in [-0.3, -0.25) is 5.32 Å². The molecule has 3 rings (SSSR count). The third kappa shape index (κ3) is 3.73. The van der Waals surface area contributed by atoms with E-state index in [0.717, 1.165) is 24.2 Å². The van der Waals surface area contributed by atoms with Gasteiger partial charge >= 0.3 is 6.03 Å². The number of carbonyl (C=O) groups excluding carboxylic acids is 1. The lowest BCUT2D eigenvalue weighted by atomic mass is 10.2. The predicted molar refractivity (Wildman–Crippen MR) is 83.9 cm³/mol. The normalized spacial score (nSPS) is 13.0. The van der Waals surface area contributed by atoms with Crippen LogP contribution < -0.4 is 16.0 Å². The average Bonchev–Trinajstić information content (AvgIpc) is 3.34. The van der Waals surface area contributed by atoms with Crippen LogP contribution in [0.15, 0.2) is 42.6 Å². The highest BCUT2D eigenvalue weighted by molar-refractivity contribution is 5.88. The summed E-state index contributed by atoms with van der Waals surface area (Å²) in [4.78, 5) is 15.8. The van der Waals surface area contributed by atoms with Crippen LogP contribution in [0.1, 0.15) is 18.4 Å². The molecule has 0 bridgehead atoms. The van der Waals surface area contributed by atoms with E-state index < -0.39 is 0 Å². The summed E-state index contributed by atoms with van der Waals surface area (Å²) in [5, 5.41) is 17.5. The number of urea groups is 1. The van der Waals surface area contributed by atoms with Crippen LogP contribution in [-0.4, -0.2) is 17.1 Å². The number of pyridine rings is 1. The van der Waals surface area contributed by atoms with E-state index in [4.69, 9.17) is 5.26 Å². The number of carbonyl (C=O) groups is 1. The molecular formula is C16H15N5O. The zero-order valence-electron chi connectivity index (χ0n) is 11.8. The van der Waals surface area contributed by atoms with Crippen LogP contribution in [-0.2, 0) is 0 Å². The van der Waals surface area contributed by atoms with Gasteiger partial charge in [-0.1, -0.05) is 0 Å². The maximum absolute atomic E-state index is 11.6. The molecule has 0 saturated heterocycles. The number of benzene rings is 1. The van der Waals surface area contributed by atoms with Gasteiger partial charge in [0, 0.05) is 11.7 Å². The van der Waals surface area contributed by atoms with Gasteiger partial charge in [-0.25, -0.2) is 9.78 Å². The van der Waals surface area contributed by atoms with Crippen LogP contribution in [0.25, 0.3) is 0 Å². The zero-order valence-corrected chi connectivity index (χ0v) is 11.8. The second-order valence-electron chi connectivity index (χ2n) is 5.12. The second-order valence-corrected chi connectivity index (χ2v) is 5.12. The Labute approximate surface area is 128 Å². The molecule has 6 heteroatoms. The minimum atomic E-state index is -0.220. The molecule has 1 aromatic heterocycles. The summed E-state index contributed by atoms with van der Waals surface area (Å²) < 4.78 is 0. The number of amides is 2. The van der Waals surface area contributed by atoms with Crippen LogP contribution in [0.5, 0.6) is 0 Å². The number of rotatable bonds is 4. The Hall–Kier alpha value is -3.07. The molecule has 2 aromatic rings. The van der Waals surface area contributed by atoms with Gasteiger partial charge in [-0.05, 0) is 49.2 Å². The van der Waals surface area contributed by atoms with Crippen molar-refractivity contribution in [3.8, 4) is 6.07 Å². The number of nitrogens with one attached hydrogen (secondary N) is 3. The second kappa shape index (κ2) is 6.14. The fourth-order valence-electron chi connectivity index (χ4n) is 1.90. The first kappa shape index (κ1) is 13.9. The zero-order chi connectivity index (χ0) is 15.4. The van der Waals surface area contributed by atoms with Crippen LogP contribution >= 0.6 is 0 Å². The van der Waals surface area contributed by atoms with Crippen molar-refractivity contribution < 1.29 is 4.79 Å². The lowest BCUT2D eigenvalue weighted by Gasteiger charge is -2.08. The number of nitriles is 1. The third-order valence-corrected chi connectivity index (χ3v) is 3.22. The van der Waals surface area contributed by atoms with Gasteiger partial charge in [-0.2, -0.15) is 5.26 Å². The third-order valence-electron chi connectivity index (χ3n) is 3.22. The van der Waals surface area contributed by atoms with Crippen LogP contribution in [0.2, 0.25) is 0 Å². The number of nitrogens with zero attached hydrogens (tertiary/aromatic N) is 2. The molecule has 2 amide bonds. The van der Waals surface area contributed by atoms with E-state index >= 15 is 0 Å². The van der Waals surface area contributed by atoms with Gasteiger partial charge in [0.15, 0.2) is 0 Å². The number of hydrogen-bond donors (Lipinski definition) is 3. The molecule has 0 atom stereocenters. The van der Waals surface area contributed by atoms with Crippen molar-refractivity contribution in [1.29, 1.82) is 5.26 Å². The summed E-state index contributed by atoms with van der Waals surface area (Å²) in [7, 11) is 0. The first-order valence-corrected chi connectivity index (χ1v) is 7.04. The highest BCUT2D eigenvalue weighted by atomic mass is 16.2. The molecule has 22 heavy (non-hydrogen) atoms. The Balaban J connectivity index is 1.58. The fourth-order valence-corrected chi connectivity index (χ4v) is 1.90. The van der Waals surface area contributed by atoms with Crippen molar-refractivity contribution in [2.45, 2.75) is 18.9 Å².